The molecule has 0 bridgehead atoms. The fraction of sp³-hybridized carbons (Fsp3) is 0.600. The van der Waals surface area contributed by atoms with E-state index >= 15 is 0 Å². The molecule has 14 heavy (non-hydrogen) atoms. The number of carbonyl (C=O) groups is 2. The van der Waals surface area contributed by atoms with Gasteiger partial charge in [-0.25, -0.2) is 0 Å². The molecule has 2 atom stereocenters. The lowest BCUT2D eigenvalue weighted by Crippen LogP contribution is -2.43. The molecule has 1 fully saturated rings. The lowest BCUT2D eigenvalue weighted by Gasteiger charge is -2.35. The van der Waals surface area contributed by atoms with Gasteiger partial charge < -0.3 is 10.2 Å². The standard InChI is InChI=1S/C10H14O4/c1-2-10(9(13)14)6-4-3-5-7(10)8(11)12/h2,7H,1,3-6H2,(H,11,12)(H,13,14). The number of rotatable bonds is 3. The molecule has 1 aliphatic carbocycles. The molecular formula is C10H14O4. The Balaban J connectivity index is 3.05. The van der Waals surface area contributed by atoms with Crippen LogP contribution in [0, 0.1) is 11.3 Å². The van der Waals surface area contributed by atoms with Crippen molar-refractivity contribution in [1.29, 1.82) is 0 Å². The van der Waals surface area contributed by atoms with Crippen molar-refractivity contribution in [3.05, 3.63) is 12.7 Å². The van der Waals surface area contributed by atoms with Gasteiger partial charge in [-0.3, -0.25) is 9.59 Å². The monoisotopic (exact) mass is 198 g/mol. The first-order valence-corrected chi connectivity index (χ1v) is 4.64. The van der Waals surface area contributed by atoms with Crippen LogP contribution in [0.25, 0.3) is 0 Å². The van der Waals surface area contributed by atoms with Gasteiger partial charge in [0.15, 0.2) is 0 Å². The Bertz CT molecular complexity index is 271. The van der Waals surface area contributed by atoms with Gasteiger partial charge in [0.2, 0.25) is 0 Å². The Morgan fingerprint density at radius 3 is 2.36 bits per heavy atom. The molecule has 0 saturated heterocycles. The zero-order chi connectivity index (χ0) is 10.8. The molecule has 2 N–H and O–H groups in total. The highest BCUT2D eigenvalue weighted by Crippen LogP contribution is 2.42. The van der Waals surface area contributed by atoms with E-state index in [4.69, 9.17) is 10.2 Å². The summed E-state index contributed by atoms with van der Waals surface area (Å²) in [6, 6.07) is 0. The molecule has 0 aromatic rings. The van der Waals surface area contributed by atoms with Crippen molar-refractivity contribution < 1.29 is 19.8 Å². The highest BCUT2D eigenvalue weighted by molar-refractivity contribution is 5.85. The molecule has 0 heterocycles. The Hall–Kier alpha value is -1.32. The summed E-state index contributed by atoms with van der Waals surface area (Å²) in [5, 5.41) is 18.0. The zero-order valence-electron chi connectivity index (χ0n) is 7.90. The molecule has 0 spiro atoms. The average molecular weight is 198 g/mol. The minimum atomic E-state index is -1.26. The average Bonchev–Trinajstić information content (AvgIpc) is 2.17. The smallest absolute Gasteiger partial charge is 0.314 e. The molecule has 1 rings (SSSR count). The van der Waals surface area contributed by atoms with E-state index in [-0.39, 0.29) is 0 Å². The Kier molecular flexibility index (Phi) is 2.93. The second kappa shape index (κ2) is 3.82. The maximum atomic E-state index is 11.1. The first-order valence-electron chi connectivity index (χ1n) is 4.64. The van der Waals surface area contributed by atoms with E-state index < -0.39 is 23.3 Å². The molecule has 0 radical (unpaired) electrons. The quantitative estimate of drug-likeness (QED) is 0.674. The number of aliphatic carboxylic acids is 2. The van der Waals surface area contributed by atoms with Gasteiger partial charge in [0.1, 0.15) is 0 Å². The van der Waals surface area contributed by atoms with E-state index in [1.54, 1.807) is 0 Å². The van der Waals surface area contributed by atoms with Crippen LogP contribution < -0.4 is 0 Å². The van der Waals surface area contributed by atoms with Crippen LogP contribution in [0.3, 0.4) is 0 Å². The summed E-state index contributed by atoms with van der Waals surface area (Å²) in [5.41, 5.74) is -1.26. The van der Waals surface area contributed by atoms with Gasteiger partial charge >= 0.3 is 11.9 Å². The summed E-state index contributed by atoms with van der Waals surface area (Å²) in [7, 11) is 0. The second-order valence-electron chi connectivity index (χ2n) is 3.69. The maximum Gasteiger partial charge on any atom is 0.314 e. The van der Waals surface area contributed by atoms with Crippen LogP contribution >= 0.6 is 0 Å². The van der Waals surface area contributed by atoms with Crippen molar-refractivity contribution in [2.24, 2.45) is 11.3 Å². The number of hydrogen-bond acceptors (Lipinski definition) is 2. The fourth-order valence-electron chi connectivity index (χ4n) is 2.13. The Morgan fingerprint density at radius 2 is 2.00 bits per heavy atom. The van der Waals surface area contributed by atoms with Crippen LogP contribution in [0.1, 0.15) is 25.7 Å². The maximum absolute atomic E-state index is 11.1. The van der Waals surface area contributed by atoms with Crippen LogP contribution in [0.5, 0.6) is 0 Å². The molecule has 1 aliphatic rings. The van der Waals surface area contributed by atoms with Crippen molar-refractivity contribution in [2.75, 3.05) is 0 Å². The lowest BCUT2D eigenvalue weighted by molar-refractivity contribution is -0.161. The van der Waals surface area contributed by atoms with Gasteiger partial charge in [-0.15, -0.1) is 6.58 Å². The van der Waals surface area contributed by atoms with Gasteiger partial charge in [-0.2, -0.15) is 0 Å². The van der Waals surface area contributed by atoms with E-state index in [1.165, 1.54) is 6.08 Å². The number of carboxylic acids is 2. The van der Waals surface area contributed by atoms with Crippen LogP contribution in [-0.2, 0) is 9.59 Å². The molecule has 78 valence electrons. The summed E-state index contributed by atoms with van der Waals surface area (Å²) in [6.07, 6.45) is 3.62. The Morgan fingerprint density at radius 1 is 1.36 bits per heavy atom. The fourth-order valence-corrected chi connectivity index (χ4v) is 2.13. The zero-order valence-corrected chi connectivity index (χ0v) is 7.90. The molecule has 2 unspecified atom stereocenters. The van der Waals surface area contributed by atoms with E-state index in [0.717, 1.165) is 12.8 Å². The largest absolute Gasteiger partial charge is 0.481 e. The first-order chi connectivity index (χ1) is 6.54. The van der Waals surface area contributed by atoms with Gasteiger partial charge in [-0.05, 0) is 12.8 Å². The SMILES string of the molecule is C=CC1(C(=O)O)CCCCC1C(=O)O. The normalized spacial score (nSPS) is 32.1. The third-order valence-electron chi connectivity index (χ3n) is 3.02. The predicted molar refractivity (Wildman–Crippen MR) is 49.9 cm³/mol. The highest BCUT2D eigenvalue weighted by atomic mass is 16.4. The summed E-state index contributed by atoms with van der Waals surface area (Å²) in [5.74, 6) is -2.93. The molecule has 0 aliphatic heterocycles. The molecule has 0 aromatic heterocycles. The van der Waals surface area contributed by atoms with Crippen LogP contribution in [0.2, 0.25) is 0 Å². The van der Waals surface area contributed by atoms with E-state index in [0.29, 0.717) is 12.8 Å². The summed E-state index contributed by atoms with van der Waals surface area (Å²) >= 11 is 0. The van der Waals surface area contributed by atoms with Gasteiger partial charge in [0.05, 0.1) is 11.3 Å². The van der Waals surface area contributed by atoms with E-state index in [9.17, 15) is 9.59 Å². The third-order valence-corrected chi connectivity index (χ3v) is 3.02. The molecule has 0 aromatic carbocycles. The van der Waals surface area contributed by atoms with Crippen LogP contribution in [-0.4, -0.2) is 22.2 Å². The van der Waals surface area contributed by atoms with E-state index in [1.807, 2.05) is 0 Å². The Labute approximate surface area is 82.2 Å². The van der Waals surface area contributed by atoms with Crippen molar-refractivity contribution in [1.82, 2.24) is 0 Å². The lowest BCUT2D eigenvalue weighted by atomic mass is 9.66. The van der Waals surface area contributed by atoms with E-state index in [2.05, 4.69) is 6.58 Å². The molecular weight excluding hydrogens is 184 g/mol. The van der Waals surface area contributed by atoms with Crippen molar-refractivity contribution in [3.63, 3.8) is 0 Å². The summed E-state index contributed by atoms with van der Waals surface area (Å²) in [4.78, 5) is 22.0. The van der Waals surface area contributed by atoms with Crippen LogP contribution in [0.15, 0.2) is 12.7 Å². The van der Waals surface area contributed by atoms with Gasteiger partial charge in [-0.1, -0.05) is 18.9 Å². The molecule has 4 heteroatoms. The molecule has 4 nitrogen and oxygen atoms in total. The topological polar surface area (TPSA) is 74.6 Å². The predicted octanol–water partition coefficient (Wildman–Crippen LogP) is 1.52. The minimum absolute atomic E-state index is 0.378. The van der Waals surface area contributed by atoms with Gasteiger partial charge in [0, 0.05) is 0 Å². The van der Waals surface area contributed by atoms with Crippen molar-refractivity contribution >= 4 is 11.9 Å². The first kappa shape index (κ1) is 10.8. The second-order valence-corrected chi connectivity index (χ2v) is 3.69. The number of hydrogen-bond donors (Lipinski definition) is 2. The number of carboxylic acid groups (broad SMARTS) is 2. The van der Waals surface area contributed by atoms with Crippen molar-refractivity contribution in [3.8, 4) is 0 Å². The molecule has 0 amide bonds. The van der Waals surface area contributed by atoms with Crippen molar-refractivity contribution in [2.45, 2.75) is 25.7 Å². The highest BCUT2D eigenvalue weighted by Gasteiger charge is 2.48. The van der Waals surface area contributed by atoms with Crippen LogP contribution in [0.4, 0.5) is 0 Å². The minimum Gasteiger partial charge on any atom is -0.481 e. The summed E-state index contributed by atoms with van der Waals surface area (Å²) < 4.78 is 0. The third kappa shape index (κ3) is 1.52. The van der Waals surface area contributed by atoms with Gasteiger partial charge in [0.25, 0.3) is 0 Å². The summed E-state index contributed by atoms with van der Waals surface area (Å²) in [6.45, 7) is 3.47. The molecule has 1 saturated carbocycles.